The van der Waals surface area contributed by atoms with Crippen molar-refractivity contribution in [3.63, 3.8) is 0 Å². The zero-order valence-corrected chi connectivity index (χ0v) is 19.1. The number of nitrogens with one attached hydrogen (secondary N) is 2. The summed E-state index contributed by atoms with van der Waals surface area (Å²) in [5.41, 5.74) is 3.80. The van der Waals surface area contributed by atoms with Gasteiger partial charge in [0.15, 0.2) is 5.96 Å². The molecule has 1 aliphatic rings. The Morgan fingerprint density at radius 3 is 2.69 bits per heavy atom. The van der Waals surface area contributed by atoms with E-state index in [-0.39, 0.29) is 35.8 Å². The van der Waals surface area contributed by atoms with E-state index in [1.807, 2.05) is 37.3 Å². The standard InChI is InChI=1S/C22H26FN5.HI/c1-16-12-19(23)9-10-21(16)28-11-3-4-20(15-28)27-22(25-2)26-14-18-7-5-17(13-24)6-8-18;/h5-10,12,20H,3-4,11,14-15H2,1-2H3,(H2,25,26,27);1H. The first-order valence-corrected chi connectivity index (χ1v) is 9.56. The Labute approximate surface area is 189 Å². The van der Waals surface area contributed by atoms with Crippen LogP contribution >= 0.6 is 24.0 Å². The van der Waals surface area contributed by atoms with E-state index in [1.54, 1.807) is 13.1 Å². The zero-order valence-electron chi connectivity index (χ0n) is 16.8. The molecule has 1 heterocycles. The maximum atomic E-state index is 13.4. The molecule has 2 aromatic carbocycles. The van der Waals surface area contributed by atoms with Gasteiger partial charge >= 0.3 is 0 Å². The molecule has 0 saturated carbocycles. The van der Waals surface area contributed by atoms with E-state index in [0.29, 0.717) is 12.1 Å². The lowest BCUT2D eigenvalue weighted by Gasteiger charge is -2.36. The van der Waals surface area contributed by atoms with Gasteiger partial charge in [0.25, 0.3) is 0 Å². The Balaban J connectivity index is 0.00000300. The molecule has 0 radical (unpaired) electrons. The van der Waals surface area contributed by atoms with Crippen LogP contribution in [0.5, 0.6) is 0 Å². The van der Waals surface area contributed by atoms with Crippen molar-refractivity contribution in [2.24, 2.45) is 4.99 Å². The van der Waals surface area contributed by atoms with E-state index < -0.39 is 0 Å². The normalized spacial score (nSPS) is 16.6. The van der Waals surface area contributed by atoms with Gasteiger partial charge in [-0.3, -0.25) is 4.99 Å². The minimum atomic E-state index is -0.194. The average Bonchev–Trinajstić information content (AvgIpc) is 2.71. The van der Waals surface area contributed by atoms with Gasteiger partial charge in [-0.25, -0.2) is 4.39 Å². The fourth-order valence-electron chi connectivity index (χ4n) is 3.56. The number of rotatable bonds is 4. The van der Waals surface area contributed by atoms with Crippen molar-refractivity contribution >= 4 is 35.6 Å². The summed E-state index contributed by atoms with van der Waals surface area (Å²) in [6.07, 6.45) is 2.13. The summed E-state index contributed by atoms with van der Waals surface area (Å²) in [6, 6.07) is 14.9. The van der Waals surface area contributed by atoms with Crippen LogP contribution in [0.3, 0.4) is 0 Å². The van der Waals surface area contributed by atoms with Crippen LogP contribution in [0.25, 0.3) is 0 Å². The summed E-state index contributed by atoms with van der Waals surface area (Å²) < 4.78 is 13.4. The highest BCUT2D eigenvalue weighted by atomic mass is 127. The molecule has 2 N–H and O–H groups in total. The van der Waals surface area contributed by atoms with E-state index in [9.17, 15) is 4.39 Å². The molecule has 0 amide bonds. The molecular weight excluding hydrogens is 480 g/mol. The molecule has 5 nitrogen and oxygen atoms in total. The minimum absolute atomic E-state index is 0. The Morgan fingerprint density at radius 1 is 1.28 bits per heavy atom. The summed E-state index contributed by atoms with van der Waals surface area (Å²) >= 11 is 0. The van der Waals surface area contributed by atoms with Gasteiger partial charge in [-0.1, -0.05) is 12.1 Å². The fourth-order valence-corrected chi connectivity index (χ4v) is 3.56. The second kappa shape index (κ2) is 11.0. The third-order valence-electron chi connectivity index (χ3n) is 5.03. The Hall–Kier alpha value is -2.34. The van der Waals surface area contributed by atoms with Crippen LogP contribution in [-0.2, 0) is 6.54 Å². The highest BCUT2D eigenvalue weighted by molar-refractivity contribution is 14.0. The molecule has 0 spiro atoms. The molecule has 29 heavy (non-hydrogen) atoms. The molecule has 0 bridgehead atoms. The SMILES string of the molecule is CN=C(NCc1ccc(C#N)cc1)NC1CCCN(c2ccc(F)cc2C)C1.I. The van der Waals surface area contributed by atoms with E-state index in [2.05, 4.69) is 26.6 Å². The first-order chi connectivity index (χ1) is 13.6. The molecule has 154 valence electrons. The molecule has 0 aromatic heterocycles. The molecule has 1 atom stereocenters. The van der Waals surface area contributed by atoms with Crippen molar-refractivity contribution in [3.05, 3.63) is 65.0 Å². The van der Waals surface area contributed by atoms with Crippen molar-refractivity contribution in [1.82, 2.24) is 10.6 Å². The summed E-state index contributed by atoms with van der Waals surface area (Å²) in [6.45, 7) is 4.42. The lowest BCUT2D eigenvalue weighted by molar-refractivity contribution is 0.467. The van der Waals surface area contributed by atoms with Gasteiger partial charge in [-0.2, -0.15) is 5.26 Å². The number of halogens is 2. The Bertz CT molecular complexity index is 876. The van der Waals surface area contributed by atoms with Gasteiger partial charge in [0.2, 0.25) is 0 Å². The van der Waals surface area contributed by atoms with Gasteiger partial charge < -0.3 is 15.5 Å². The van der Waals surface area contributed by atoms with E-state index in [0.717, 1.165) is 48.7 Å². The number of nitrogens with zero attached hydrogens (tertiary/aromatic N) is 3. The lowest BCUT2D eigenvalue weighted by Crippen LogP contribution is -2.51. The third kappa shape index (κ3) is 6.32. The predicted octanol–water partition coefficient (Wildman–Crippen LogP) is 3.96. The largest absolute Gasteiger partial charge is 0.369 e. The monoisotopic (exact) mass is 507 g/mol. The molecule has 1 fully saturated rings. The number of anilines is 1. The van der Waals surface area contributed by atoms with Crippen LogP contribution < -0.4 is 15.5 Å². The summed E-state index contributed by atoms with van der Waals surface area (Å²) in [5, 5.41) is 15.7. The minimum Gasteiger partial charge on any atom is -0.369 e. The van der Waals surface area contributed by atoms with Crippen molar-refractivity contribution in [1.29, 1.82) is 5.26 Å². The summed E-state index contributed by atoms with van der Waals surface area (Å²) in [5.74, 6) is 0.562. The number of nitriles is 1. The number of benzene rings is 2. The van der Waals surface area contributed by atoms with Crippen LogP contribution in [0.4, 0.5) is 10.1 Å². The van der Waals surface area contributed by atoms with Gasteiger partial charge in [-0.15, -0.1) is 24.0 Å². The summed E-state index contributed by atoms with van der Waals surface area (Å²) in [4.78, 5) is 6.64. The van der Waals surface area contributed by atoms with Crippen LogP contribution in [0.15, 0.2) is 47.5 Å². The highest BCUT2D eigenvalue weighted by Gasteiger charge is 2.22. The molecule has 0 aliphatic carbocycles. The van der Waals surface area contributed by atoms with Crippen LogP contribution in [0, 0.1) is 24.1 Å². The van der Waals surface area contributed by atoms with Crippen LogP contribution in [0.2, 0.25) is 0 Å². The average molecular weight is 507 g/mol. The van der Waals surface area contributed by atoms with E-state index >= 15 is 0 Å². The smallest absolute Gasteiger partial charge is 0.191 e. The number of aliphatic imine (C=N–C) groups is 1. The number of guanidine groups is 1. The molecule has 2 aromatic rings. The van der Waals surface area contributed by atoms with E-state index in [1.165, 1.54) is 6.07 Å². The molecule has 1 saturated heterocycles. The predicted molar refractivity (Wildman–Crippen MR) is 126 cm³/mol. The number of piperidine rings is 1. The molecule has 1 unspecified atom stereocenters. The second-order valence-electron chi connectivity index (χ2n) is 7.09. The van der Waals surface area contributed by atoms with Gasteiger partial charge in [-0.05, 0) is 61.2 Å². The maximum Gasteiger partial charge on any atom is 0.191 e. The third-order valence-corrected chi connectivity index (χ3v) is 5.03. The maximum absolute atomic E-state index is 13.4. The topological polar surface area (TPSA) is 63.5 Å². The second-order valence-corrected chi connectivity index (χ2v) is 7.09. The molecule has 7 heteroatoms. The quantitative estimate of drug-likeness (QED) is 0.374. The zero-order chi connectivity index (χ0) is 19.9. The number of hydrogen-bond acceptors (Lipinski definition) is 3. The molecule has 3 rings (SSSR count). The lowest BCUT2D eigenvalue weighted by atomic mass is 10.0. The van der Waals surface area contributed by atoms with Crippen LogP contribution in [0.1, 0.15) is 29.5 Å². The molecule has 1 aliphatic heterocycles. The molecular formula is C22H27FIN5. The van der Waals surface area contributed by atoms with Gasteiger partial charge in [0, 0.05) is 38.4 Å². The summed E-state index contributed by atoms with van der Waals surface area (Å²) in [7, 11) is 1.76. The first kappa shape index (κ1) is 22.9. The first-order valence-electron chi connectivity index (χ1n) is 9.56. The number of hydrogen-bond donors (Lipinski definition) is 2. The fraction of sp³-hybridized carbons (Fsp3) is 0.364. The van der Waals surface area contributed by atoms with Crippen molar-refractivity contribution in [2.75, 3.05) is 25.0 Å². The van der Waals surface area contributed by atoms with Crippen molar-refractivity contribution < 1.29 is 4.39 Å². The highest BCUT2D eigenvalue weighted by Crippen LogP contribution is 2.24. The van der Waals surface area contributed by atoms with Gasteiger partial charge in [0.1, 0.15) is 5.82 Å². The number of aryl methyl sites for hydroxylation is 1. The Morgan fingerprint density at radius 2 is 2.03 bits per heavy atom. The van der Waals surface area contributed by atoms with Crippen molar-refractivity contribution in [3.8, 4) is 6.07 Å². The van der Waals surface area contributed by atoms with Gasteiger partial charge in [0.05, 0.1) is 11.6 Å². The van der Waals surface area contributed by atoms with Crippen LogP contribution in [-0.4, -0.2) is 32.1 Å². The van der Waals surface area contributed by atoms with Crippen molar-refractivity contribution in [2.45, 2.75) is 32.4 Å². The Kier molecular flexibility index (Phi) is 8.70. The van der Waals surface area contributed by atoms with E-state index in [4.69, 9.17) is 5.26 Å².